The lowest BCUT2D eigenvalue weighted by Crippen LogP contribution is -2.02. The van der Waals surface area contributed by atoms with Crippen molar-refractivity contribution in [2.24, 2.45) is 0 Å². The summed E-state index contributed by atoms with van der Waals surface area (Å²) < 4.78 is 2.13. The molecule has 5 nitrogen and oxygen atoms in total. The van der Waals surface area contributed by atoms with Crippen LogP contribution in [0.1, 0.15) is 19.0 Å². The normalized spacial score (nSPS) is 10.5. The number of nitro groups is 1. The molecule has 0 unspecified atom stereocenters. The van der Waals surface area contributed by atoms with Crippen molar-refractivity contribution in [2.45, 2.75) is 19.8 Å². The topological polar surface area (TPSA) is 63.9 Å². The number of rotatable bonds is 4. The highest BCUT2D eigenvalue weighted by Gasteiger charge is 2.15. The summed E-state index contributed by atoms with van der Waals surface area (Å²) in [5.41, 5.74) is 1.49. The fourth-order valence-corrected chi connectivity index (χ4v) is 2.11. The van der Waals surface area contributed by atoms with Crippen molar-refractivity contribution in [3.05, 3.63) is 50.8 Å². The second-order valence-corrected chi connectivity index (χ2v) is 4.37. The van der Waals surface area contributed by atoms with Gasteiger partial charge in [0.15, 0.2) is 0 Å². The standard InChI is InChI=1S/C12H13N3O2S/c1-2-5-9-8-12(18)14(13-9)10-6-3-4-7-11(10)15(16)17/h3-4,6-8,13H,2,5H2,1H3. The third-order valence-electron chi connectivity index (χ3n) is 2.61. The van der Waals surface area contributed by atoms with Gasteiger partial charge in [0, 0.05) is 11.8 Å². The quantitative estimate of drug-likeness (QED) is 0.522. The van der Waals surface area contributed by atoms with Crippen LogP contribution in [0.15, 0.2) is 30.3 Å². The number of aromatic amines is 1. The first-order valence-corrected chi connectivity index (χ1v) is 6.09. The summed E-state index contributed by atoms with van der Waals surface area (Å²) in [5.74, 6) is 0. The lowest BCUT2D eigenvalue weighted by Gasteiger charge is -2.03. The fraction of sp³-hybridized carbons (Fsp3) is 0.250. The Kier molecular flexibility index (Phi) is 3.57. The van der Waals surface area contributed by atoms with Gasteiger partial charge in [0.05, 0.1) is 4.92 Å². The van der Waals surface area contributed by atoms with E-state index in [-0.39, 0.29) is 5.69 Å². The minimum atomic E-state index is -0.405. The second-order valence-electron chi connectivity index (χ2n) is 3.95. The molecule has 94 valence electrons. The number of aryl methyl sites for hydroxylation is 1. The molecule has 0 bridgehead atoms. The summed E-state index contributed by atoms with van der Waals surface area (Å²) in [7, 11) is 0. The summed E-state index contributed by atoms with van der Waals surface area (Å²) in [4.78, 5) is 10.6. The highest BCUT2D eigenvalue weighted by atomic mass is 32.1. The Morgan fingerprint density at radius 3 is 2.83 bits per heavy atom. The maximum Gasteiger partial charge on any atom is 0.294 e. The van der Waals surface area contributed by atoms with Gasteiger partial charge in [-0.1, -0.05) is 37.7 Å². The third kappa shape index (κ3) is 2.33. The zero-order valence-corrected chi connectivity index (χ0v) is 10.7. The average Bonchev–Trinajstić information content (AvgIpc) is 2.70. The molecular formula is C12H13N3O2S. The van der Waals surface area contributed by atoms with Crippen LogP contribution < -0.4 is 0 Å². The smallest absolute Gasteiger partial charge is 0.294 e. The molecule has 0 atom stereocenters. The van der Waals surface area contributed by atoms with Gasteiger partial charge in [-0.3, -0.25) is 15.2 Å². The van der Waals surface area contributed by atoms with Gasteiger partial charge in [-0.25, -0.2) is 4.68 Å². The van der Waals surface area contributed by atoms with Crippen LogP contribution in [0, 0.1) is 14.8 Å². The SMILES string of the molecule is CCCc1cc(=S)n(-c2ccccc2[N+](=O)[O-])[nH]1. The van der Waals surface area contributed by atoms with E-state index in [0.717, 1.165) is 18.5 Å². The first kappa shape index (κ1) is 12.5. The highest BCUT2D eigenvalue weighted by molar-refractivity contribution is 7.71. The molecule has 1 aromatic heterocycles. The molecule has 2 aromatic rings. The monoisotopic (exact) mass is 263 g/mol. The molecule has 0 amide bonds. The maximum atomic E-state index is 11.0. The molecule has 1 aromatic carbocycles. The number of hydrogen-bond donors (Lipinski definition) is 1. The largest absolute Gasteiger partial charge is 0.297 e. The second kappa shape index (κ2) is 5.14. The Balaban J connectivity index is 2.55. The molecule has 0 radical (unpaired) electrons. The van der Waals surface area contributed by atoms with Crippen molar-refractivity contribution >= 4 is 17.9 Å². The van der Waals surface area contributed by atoms with Crippen LogP contribution in [0.3, 0.4) is 0 Å². The molecule has 0 spiro atoms. The number of hydrogen-bond acceptors (Lipinski definition) is 3. The number of H-pyrrole nitrogens is 1. The van der Waals surface area contributed by atoms with E-state index < -0.39 is 4.92 Å². The van der Waals surface area contributed by atoms with Crippen LogP contribution in [-0.2, 0) is 6.42 Å². The van der Waals surface area contributed by atoms with Gasteiger partial charge >= 0.3 is 0 Å². The van der Waals surface area contributed by atoms with E-state index in [9.17, 15) is 10.1 Å². The van der Waals surface area contributed by atoms with Crippen molar-refractivity contribution < 1.29 is 4.92 Å². The Hall–Kier alpha value is -1.95. The fourth-order valence-electron chi connectivity index (χ4n) is 1.83. The molecule has 6 heteroatoms. The van der Waals surface area contributed by atoms with E-state index in [0.29, 0.717) is 10.3 Å². The summed E-state index contributed by atoms with van der Waals surface area (Å²) in [6.07, 6.45) is 1.86. The van der Waals surface area contributed by atoms with E-state index in [1.807, 2.05) is 6.07 Å². The minimum absolute atomic E-state index is 0.0403. The van der Waals surface area contributed by atoms with Crippen LogP contribution in [0.5, 0.6) is 0 Å². The van der Waals surface area contributed by atoms with Crippen molar-refractivity contribution in [2.75, 3.05) is 0 Å². The van der Waals surface area contributed by atoms with E-state index in [4.69, 9.17) is 12.2 Å². The summed E-state index contributed by atoms with van der Waals surface area (Å²) in [6, 6.07) is 8.39. The van der Waals surface area contributed by atoms with Crippen LogP contribution in [0.2, 0.25) is 0 Å². The van der Waals surface area contributed by atoms with Gasteiger partial charge in [-0.15, -0.1) is 0 Å². The van der Waals surface area contributed by atoms with E-state index in [1.165, 1.54) is 6.07 Å². The molecule has 0 aliphatic carbocycles. The Labute approximate surface area is 109 Å². The molecule has 2 rings (SSSR count). The summed E-state index contributed by atoms with van der Waals surface area (Å²) in [6.45, 7) is 2.07. The third-order valence-corrected chi connectivity index (χ3v) is 2.91. The van der Waals surface area contributed by atoms with Gasteiger partial charge in [0.2, 0.25) is 0 Å². The maximum absolute atomic E-state index is 11.0. The number of nitrogens with zero attached hydrogens (tertiary/aromatic N) is 2. The number of benzene rings is 1. The highest BCUT2D eigenvalue weighted by Crippen LogP contribution is 2.22. The number of aromatic nitrogens is 2. The van der Waals surface area contributed by atoms with Crippen molar-refractivity contribution in [1.82, 2.24) is 9.78 Å². The lowest BCUT2D eigenvalue weighted by atomic mass is 10.3. The molecule has 1 heterocycles. The Morgan fingerprint density at radius 2 is 2.17 bits per heavy atom. The van der Waals surface area contributed by atoms with Crippen LogP contribution in [0.25, 0.3) is 5.69 Å². The zero-order valence-electron chi connectivity index (χ0n) is 9.92. The van der Waals surface area contributed by atoms with E-state index >= 15 is 0 Å². The average molecular weight is 263 g/mol. The van der Waals surface area contributed by atoms with Gasteiger partial charge in [-0.05, 0) is 18.6 Å². The van der Waals surface area contributed by atoms with Crippen molar-refractivity contribution in [3.63, 3.8) is 0 Å². The molecule has 0 aliphatic rings. The van der Waals surface area contributed by atoms with Crippen molar-refractivity contribution in [3.8, 4) is 5.69 Å². The zero-order chi connectivity index (χ0) is 13.1. The van der Waals surface area contributed by atoms with Crippen LogP contribution in [0.4, 0.5) is 5.69 Å². The van der Waals surface area contributed by atoms with E-state index in [1.54, 1.807) is 22.9 Å². The number of nitrogens with one attached hydrogen (secondary N) is 1. The van der Waals surface area contributed by atoms with Gasteiger partial charge < -0.3 is 0 Å². The molecule has 18 heavy (non-hydrogen) atoms. The molecule has 0 fully saturated rings. The Morgan fingerprint density at radius 1 is 1.44 bits per heavy atom. The van der Waals surface area contributed by atoms with Gasteiger partial charge in [0.1, 0.15) is 10.3 Å². The first-order valence-electron chi connectivity index (χ1n) is 5.68. The van der Waals surface area contributed by atoms with Gasteiger partial charge in [0.25, 0.3) is 5.69 Å². The van der Waals surface area contributed by atoms with E-state index in [2.05, 4.69) is 12.0 Å². The van der Waals surface area contributed by atoms with Crippen molar-refractivity contribution in [1.29, 1.82) is 0 Å². The lowest BCUT2D eigenvalue weighted by molar-refractivity contribution is -0.384. The van der Waals surface area contributed by atoms with Crippen LogP contribution >= 0.6 is 12.2 Å². The predicted molar refractivity (Wildman–Crippen MR) is 71.6 cm³/mol. The van der Waals surface area contributed by atoms with Gasteiger partial charge in [-0.2, -0.15) is 0 Å². The number of nitro benzene ring substituents is 1. The minimum Gasteiger partial charge on any atom is -0.297 e. The molecule has 0 saturated carbocycles. The first-order chi connectivity index (χ1) is 8.63. The number of para-hydroxylation sites is 2. The van der Waals surface area contributed by atoms with Crippen LogP contribution in [-0.4, -0.2) is 14.7 Å². The Bertz CT molecular complexity index is 630. The molecule has 1 N–H and O–H groups in total. The molecule has 0 saturated heterocycles. The summed E-state index contributed by atoms with van der Waals surface area (Å²) >= 11 is 5.22. The molecule has 0 aliphatic heterocycles. The predicted octanol–water partition coefficient (Wildman–Crippen LogP) is 3.40. The molecular weight excluding hydrogens is 250 g/mol. The summed E-state index contributed by atoms with van der Waals surface area (Å²) in [5, 5.41) is 14.1.